The Kier molecular flexibility index (Phi) is 4.53. The molecule has 0 aliphatic carbocycles. The summed E-state index contributed by atoms with van der Waals surface area (Å²) in [6.07, 6.45) is 0. The first-order valence-corrected chi connectivity index (χ1v) is 6.52. The smallest absolute Gasteiger partial charge is 0.146 e. The van der Waals surface area contributed by atoms with E-state index in [1.807, 2.05) is 48.2 Å². The van der Waals surface area contributed by atoms with Crippen molar-refractivity contribution in [2.45, 2.75) is 13.0 Å². The van der Waals surface area contributed by atoms with Crippen LogP contribution < -0.4 is 10.6 Å². The maximum absolute atomic E-state index is 13.8. The number of rotatable bonds is 5. The highest BCUT2D eigenvalue weighted by Gasteiger charge is 2.14. The first-order valence-electron chi connectivity index (χ1n) is 6.52. The molecule has 0 aromatic heterocycles. The van der Waals surface area contributed by atoms with Crippen LogP contribution in [0.25, 0.3) is 0 Å². The molecule has 0 bridgehead atoms. The van der Waals surface area contributed by atoms with Crippen molar-refractivity contribution < 1.29 is 4.39 Å². The second-order valence-corrected chi connectivity index (χ2v) is 4.51. The van der Waals surface area contributed by atoms with Gasteiger partial charge in [-0.2, -0.15) is 0 Å². The van der Waals surface area contributed by atoms with Crippen molar-refractivity contribution in [2.75, 3.05) is 18.0 Å². The van der Waals surface area contributed by atoms with Crippen molar-refractivity contribution >= 4 is 5.69 Å². The number of benzene rings is 2. The fourth-order valence-electron chi connectivity index (χ4n) is 2.15. The monoisotopic (exact) mass is 258 g/mol. The molecule has 2 nitrogen and oxygen atoms in total. The summed E-state index contributed by atoms with van der Waals surface area (Å²) in [5.41, 5.74) is 7.87. The second-order valence-electron chi connectivity index (χ2n) is 4.51. The van der Waals surface area contributed by atoms with Gasteiger partial charge in [0.05, 0.1) is 5.69 Å². The van der Waals surface area contributed by atoms with Gasteiger partial charge in [-0.25, -0.2) is 4.39 Å². The minimum Gasteiger partial charge on any atom is -0.368 e. The molecule has 0 aliphatic rings. The summed E-state index contributed by atoms with van der Waals surface area (Å²) in [4.78, 5) is 1.97. The molecule has 0 aliphatic heterocycles. The van der Waals surface area contributed by atoms with Crippen molar-refractivity contribution in [3.63, 3.8) is 0 Å². The van der Waals surface area contributed by atoms with Crippen LogP contribution in [0.3, 0.4) is 0 Å². The molecular formula is C16H19FN2. The fraction of sp³-hybridized carbons (Fsp3) is 0.250. The van der Waals surface area contributed by atoms with E-state index in [2.05, 4.69) is 0 Å². The van der Waals surface area contributed by atoms with E-state index in [1.165, 1.54) is 6.07 Å². The highest BCUT2D eigenvalue weighted by Crippen LogP contribution is 2.21. The van der Waals surface area contributed by atoms with Crippen molar-refractivity contribution in [3.05, 3.63) is 66.0 Å². The van der Waals surface area contributed by atoms with Crippen LogP contribution in [-0.4, -0.2) is 13.1 Å². The van der Waals surface area contributed by atoms with Crippen molar-refractivity contribution in [3.8, 4) is 0 Å². The molecule has 0 saturated carbocycles. The van der Waals surface area contributed by atoms with Crippen LogP contribution in [0.4, 0.5) is 10.1 Å². The van der Waals surface area contributed by atoms with Crippen molar-refractivity contribution in [1.82, 2.24) is 0 Å². The number of nitrogens with zero attached hydrogens (tertiary/aromatic N) is 1. The summed E-state index contributed by atoms with van der Waals surface area (Å²) >= 11 is 0. The standard InChI is InChI=1S/C16H19FN2/c1-2-19(16-11-7-6-10-14(16)17)12-15(18)13-8-4-3-5-9-13/h3-11,15H,2,12,18H2,1H3. The third kappa shape index (κ3) is 3.32. The van der Waals surface area contributed by atoms with E-state index in [1.54, 1.807) is 12.1 Å². The molecule has 100 valence electrons. The molecule has 2 rings (SSSR count). The number of halogens is 1. The molecule has 2 aromatic carbocycles. The van der Waals surface area contributed by atoms with Gasteiger partial charge in [-0.15, -0.1) is 0 Å². The fourth-order valence-corrected chi connectivity index (χ4v) is 2.15. The van der Waals surface area contributed by atoms with E-state index in [-0.39, 0.29) is 11.9 Å². The molecule has 2 aromatic rings. The van der Waals surface area contributed by atoms with Crippen LogP contribution >= 0.6 is 0 Å². The van der Waals surface area contributed by atoms with Gasteiger partial charge in [0.15, 0.2) is 0 Å². The molecule has 3 heteroatoms. The Balaban J connectivity index is 2.14. The molecule has 0 radical (unpaired) electrons. The summed E-state index contributed by atoms with van der Waals surface area (Å²) in [7, 11) is 0. The summed E-state index contributed by atoms with van der Waals surface area (Å²) in [6, 6.07) is 16.6. The van der Waals surface area contributed by atoms with E-state index in [9.17, 15) is 4.39 Å². The molecule has 0 heterocycles. The van der Waals surface area contributed by atoms with Gasteiger partial charge in [0.25, 0.3) is 0 Å². The predicted molar refractivity (Wildman–Crippen MR) is 77.7 cm³/mol. The van der Waals surface area contributed by atoms with Gasteiger partial charge >= 0.3 is 0 Å². The number of hydrogen-bond donors (Lipinski definition) is 1. The Morgan fingerprint density at radius 2 is 1.68 bits per heavy atom. The lowest BCUT2D eigenvalue weighted by Gasteiger charge is -2.27. The Bertz CT molecular complexity index is 513. The second kappa shape index (κ2) is 6.34. The Hall–Kier alpha value is -1.87. The predicted octanol–water partition coefficient (Wildman–Crippen LogP) is 3.35. The van der Waals surface area contributed by atoms with Crippen molar-refractivity contribution in [2.24, 2.45) is 5.73 Å². The van der Waals surface area contributed by atoms with Crippen LogP contribution in [0.2, 0.25) is 0 Å². The van der Waals surface area contributed by atoms with E-state index in [0.29, 0.717) is 12.2 Å². The summed E-state index contributed by atoms with van der Waals surface area (Å²) in [6.45, 7) is 3.33. The summed E-state index contributed by atoms with van der Waals surface area (Å²) < 4.78 is 13.8. The Labute approximate surface area is 113 Å². The number of hydrogen-bond acceptors (Lipinski definition) is 2. The number of likely N-dealkylation sites (N-methyl/N-ethyl adjacent to an activating group) is 1. The number of para-hydroxylation sites is 1. The van der Waals surface area contributed by atoms with Crippen molar-refractivity contribution in [1.29, 1.82) is 0 Å². The van der Waals surface area contributed by atoms with Gasteiger partial charge in [-0.1, -0.05) is 42.5 Å². The molecule has 0 amide bonds. The van der Waals surface area contributed by atoms with Crippen LogP contribution in [0.15, 0.2) is 54.6 Å². The largest absolute Gasteiger partial charge is 0.368 e. The lowest BCUT2D eigenvalue weighted by atomic mass is 10.1. The third-order valence-corrected chi connectivity index (χ3v) is 3.22. The van der Waals surface area contributed by atoms with Gasteiger partial charge < -0.3 is 10.6 Å². The molecule has 1 unspecified atom stereocenters. The van der Waals surface area contributed by atoms with Gasteiger partial charge in [-0.3, -0.25) is 0 Å². The van der Waals surface area contributed by atoms with Crippen LogP contribution in [0, 0.1) is 5.82 Å². The quantitative estimate of drug-likeness (QED) is 0.891. The van der Waals surface area contributed by atoms with E-state index in [4.69, 9.17) is 5.73 Å². The van der Waals surface area contributed by atoms with Crippen LogP contribution in [-0.2, 0) is 0 Å². The summed E-state index contributed by atoms with van der Waals surface area (Å²) in [5, 5.41) is 0. The first-order chi connectivity index (χ1) is 9.22. The number of nitrogens with two attached hydrogens (primary N) is 1. The Morgan fingerprint density at radius 1 is 1.05 bits per heavy atom. The van der Waals surface area contributed by atoms with Gasteiger partial charge in [-0.05, 0) is 24.6 Å². The average Bonchev–Trinajstić information content (AvgIpc) is 2.46. The van der Waals surface area contributed by atoms with Crippen LogP contribution in [0.1, 0.15) is 18.5 Å². The molecule has 1 atom stereocenters. The molecule has 19 heavy (non-hydrogen) atoms. The zero-order valence-electron chi connectivity index (χ0n) is 11.1. The van der Waals surface area contributed by atoms with E-state index >= 15 is 0 Å². The van der Waals surface area contributed by atoms with Gasteiger partial charge in [0.2, 0.25) is 0 Å². The SMILES string of the molecule is CCN(CC(N)c1ccccc1)c1ccccc1F. The Morgan fingerprint density at radius 3 is 2.32 bits per heavy atom. The summed E-state index contributed by atoms with van der Waals surface area (Å²) in [5.74, 6) is -0.204. The van der Waals surface area contributed by atoms with Gasteiger partial charge in [0.1, 0.15) is 5.82 Å². The molecule has 0 spiro atoms. The molecule has 0 saturated heterocycles. The maximum atomic E-state index is 13.8. The molecule has 2 N–H and O–H groups in total. The zero-order valence-corrected chi connectivity index (χ0v) is 11.1. The lowest BCUT2D eigenvalue weighted by molar-refractivity contribution is 0.606. The highest BCUT2D eigenvalue weighted by atomic mass is 19.1. The first kappa shape index (κ1) is 13.6. The van der Waals surface area contributed by atoms with Gasteiger partial charge in [0, 0.05) is 19.1 Å². The van der Waals surface area contributed by atoms with Crippen LogP contribution in [0.5, 0.6) is 0 Å². The molecular weight excluding hydrogens is 239 g/mol. The minimum absolute atomic E-state index is 0.124. The zero-order chi connectivity index (χ0) is 13.7. The minimum atomic E-state index is -0.204. The topological polar surface area (TPSA) is 29.3 Å². The normalized spacial score (nSPS) is 12.2. The average molecular weight is 258 g/mol. The van der Waals surface area contributed by atoms with E-state index < -0.39 is 0 Å². The number of anilines is 1. The maximum Gasteiger partial charge on any atom is 0.146 e. The highest BCUT2D eigenvalue weighted by molar-refractivity contribution is 5.48. The molecule has 0 fully saturated rings. The third-order valence-electron chi connectivity index (χ3n) is 3.22. The van der Waals surface area contributed by atoms with E-state index in [0.717, 1.165) is 12.1 Å². The lowest BCUT2D eigenvalue weighted by Crippen LogP contribution is -2.32.